The molecular weight excluding hydrogens is 264 g/mol. The van der Waals surface area contributed by atoms with Crippen LogP contribution in [0.1, 0.15) is 41.3 Å². The predicted octanol–water partition coefficient (Wildman–Crippen LogP) is 3.26. The van der Waals surface area contributed by atoms with Crippen molar-refractivity contribution in [2.45, 2.75) is 33.6 Å². The summed E-state index contributed by atoms with van der Waals surface area (Å²) in [7, 11) is 0. The molecule has 0 aromatic heterocycles. The third-order valence-electron chi connectivity index (χ3n) is 2.75. The Morgan fingerprint density at radius 1 is 1.15 bits per heavy atom. The van der Waals surface area contributed by atoms with E-state index in [-0.39, 0.29) is 6.61 Å². The molecule has 1 rings (SSSR count). The van der Waals surface area contributed by atoms with Gasteiger partial charge in [-0.25, -0.2) is 14.5 Å². The molecule has 0 saturated carbocycles. The van der Waals surface area contributed by atoms with E-state index in [1.54, 1.807) is 19.1 Å². The lowest BCUT2D eigenvalue weighted by atomic mass is 10.0. The second-order valence-electron chi connectivity index (χ2n) is 4.22. The minimum Gasteiger partial charge on any atom is -0.432 e. The van der Waals surface area contributed by atoms with Crippen LogP contribution in [0.5, 0.6) is 0 Å². The van der Waals surface area contributed by atoms with E-state index in [1.807, 2.05) is 19.9 Å². The maximum absolute atomic E-state index is 11.7. The SMILES string of the molecule is CCCCOC(=O)OOOC(=O)c1cccc(C)c1C. The number of benzene rings is 1. The minimum atomic E-state index is -1.05. The van der Waals surface area contributed by atoms with Crippen LogP contribution in [-0.4, -0.2) is 18.7 Å². The van der Waals surface area contributed by atoms with E-state index in [1.165, 1.54) is 0 Å². The molecule has 0 heterocycles. The monoisotopic (exact) mass is 282 g/mol. The molecule has 0 aliphatic heterocycles. The molecule has 0 unspecified atom stereocenters. The molecule has 110 valence electrons. The van der Waals surface area contributed by atoms with Gasteiger partial charge in [0, 0.05) is 0 Å². The number of carbonyl (C=O) groups excluding carboxylic acids is 2. The van der Waals surface area contributed by atoms with Gasteiger partial charge in [-0.3, -0.25) is 4.89 Å². The number of unbranched alkanes of at least 4 members (excludes halogenated alkanes) is 1. The molecule has 0 fully saturated rings. The maximum Gasteiger partial charge on any atom is 0.543 e. The first-order valence-electron chi connectivity index (χ1n) is 6.34. The second kappa shape index (κ2) is 8.16. The van der Waals surface area contributed by atoms with Gasteiger partial charge in [-0.1, -0.05) is 25.5 Å². The van der Waals surface area contributed by atoms with Crippen LogP contribution < -0.4 is 0 Å². The average molecular weight is 282 g/mol. The smallest absolute Gasteiger partial charge is 0.432 e. The van der Waals surface area contributed by atoms with Gasteiger partial charge in [-0.05, 0) is 37.5 Å². The fraction of sp³-hybridized carbons (Fsp3) is 0.429. The molecule has 0 radical (unpaired) electrons. The highest BCUT2D eigenvalue weighted by Gasteiger charge is 2.14. The normalized spacial score (nSPS) is 9.95. The third-order valence-corrected chi connectivity index (χ3v) is 2.75. The minimum absolute atomic E-state index is 0.226. The first-order chi connectivity index (χ1) is 9.56. The van der Waals surface area contributed by atoms with Crippen molar-refractivity contribution in [3.05, 3.63) is 34.9 Å². The van der Waals surface area contributed by atoms with Gasteiger partial charge >= 0.3 is 12.1 Å². The highest BCUT2D eigenvalue weighted by Crippen LogP contribution is 2.13. The molecule has 0 aliphatic carbocycles. The molecule has 0 amide bonds. The summed E-state index contributed by atoms with van der Waals surface area (Å²) >= 11 is 0. The molecule has 20 heavy (non-hydrogen) atoms. The van der Waals surface area contributed by atoms with Gasteiger partial charge in [-0.2, -0.15) is 0 Å². The first kappa shape index (κ1) is 16.0. The van der Waals surface area contributed by atoms with E-state index in [9.17, 15) is 9.59 Å². The summed E-state index contributed by atoms with van der Waals surface area (Å²) in [6.45, 7) is 5.83. The zero-order valence-electron chi connectivity index (χ0n) is 11.8. The van der Waals surface area contributed by atoms with Crippen molar-refractivity contribution in [3.63, 3.8) is 0 Å². The van der Waals surface area contributed by atoms with Crippen LogP contribution in [0.25, 0.3) is 0 Å². The van der Waals surface area contributed by atoms with Gasteiger partial charge in [0.2, 0.25) is 0 Å². The molecule has 0 saturated heterocycles. The number of hydrogen-bond acceptors (Lipinski definition) is 6. The van der Waals surface area contributed by atoms with Crippen LogP contribution in [0.4, 0.5) is 4.79 Å². The zero-order chi connectivity index (χ0) is 15.0. The fourth-order valence-corrected chi connectivity index (χ4v) is 1.42. The van der Waals surface area contributed by atoms with E-state index >= 15 is 0 Å². The quantitative estimate of drug-likeness (QED) is 0.345. The highest BCUT2D eigenvalue weighted by molar-refractivity contribution is 5.90. The lowest BCUT2D eigenvalue weighted by Gasteiger charge is -2.06. The molecule has 6 nitrogen and oxygen atoms in total. The van der Waals surface area contributed by atoms with Gasteiger partial charge in [0.25, 0.3) is 0 Å². The third kappa shape index (κ3) is 4.89. The largest absolute Gasteiger partial charge is 0.543 e. The Bertz CT molecular complexity index is 469. The van der Waals surface area contributed by atoms with Crippen LogP contribution in [0.3, 0.4) is 0 Å². The summed E-state index contributed by atoms with van der Waals surface area (Å²) in [6.07, 6.45) is 0.555. The van der Waals surface area contributed by atoms with E-state index in [0.717, 1.165) is 24.0 Å². The van der Waals surface area contributed by atoms with Gasteiger partial charge < -0.3 is 4.74 Å². The van der Waals surface area contributed by atoms with Crippen LogP contribution >= 0.6 is 0 Å². The van der Waals surface area contributed by atoms with Gasteiger partial charge in [0.05, 0.1) is 17.2 Å². The molecule has 1 aromatic carbocycles. The molecular formula is C14H18O6. The maximum atomic E-state index is 11.7. The van der Waals surface area contributed by atoms with E-state index < -0.39 is 12.1 Å². The highest BCUT2D eigenvalue weighted by atomic mass is 17.5. The van der Waals surface area contributed by atoms with Crippen molar-refractivity contribution in [2.75, 3.05) is 6.61 Å². The van der Waals surface area contributed by atoms with Crippen molar-refractivity contribution >= 4 is 12.1 Å². The molecule has 0 spiro atoms. The van der Waals surface area contributed by atoms with Gasteiger partial charge in [-0.15, -0.1) is 0 Å². The first-order valence-corrected chi connectivity index (χ1v) is 6.34. The van der Waals surface area contributed by atoms with Gasteiger partial charge in [0.1, 0.15) is 0 Å². The molecule has 0 atom stereocenters. The Morgan fingerprint density at radius 2 is 1.90 bits per heavy atom. The molecule has 0 N–H and O–H groups in total. The van der Waals surface area contributed by atoms with E-state index in [4.69, 9.17) is 0 Å². The Hall–Kier alpha value is -2.08. The Kier molecular flexibility index (Phi) is 6.52. The summed E-state index contributed by atoms with van der Waals surface area (Å²) in [6, 6.07) is 5.18. The second-order valence-corrected chi connectivity index (χ2v) is 4.22. The van der Waals surface area contributed by atoms with Crippen molar-refractivity contribution in [3.8, 4) is 0 Å². The topological polar surface area (TPSA) is 71.1 Å². The lowest BCUT2D eigenvalue weighted by Crippen LogP contribution is -2.13. The van der Waals surface area contributed by atoms with Crippen molar-refractivity contribution in [2.24, 2.45) is 0 Å². The van der Waals surface area contributed by atoms with Crippen molar-refractivity contribution < 1.29 is 29.1 Å². The lowest BCUT2D eigenvalue weighted by molar-refractivity contribution is -0.452. The van der Waals surface area contributed by atoms with Crippen LogP contribution in [0, 0.1) is 13.8 Å². The van der Waals surface area contributed by atoms with Crippen LogP contribution in [0.15, 0.2) is 18.2 Å². The number of aryl methyl sites for hydroxylation is 1. The Labute approximate surface area is 117 Å². The van der Waals surface area contributed by atoms with E-state index in [2.05, 4.69) is 19.6 Å². The summed E-state index contributed by atoms with van der Waals surface area (Å²) < 4.78 is 4.64. The predicted molar refractivity (Wildman–Crippen MR) is 69.8 cm³/mol. The Morgan fingerprint density at radius 3 is 2.60 bits per heavy atom. The molecule has 0 aliphatic rings. The standard InChI is InChI=1S/C14H18O6/c1-4-5-9-17-14(16)19-20-18-13(15)12-8-6-7-10(2)11(12)3/h6-8H,4-5,9H2,1-3H3. The number of rotatable bonds is 6. The van der Waals surface area contributed by atoms with Crippen molar-refractivity contribution in [1.29, 1.82) is 0 Å². The number of hydrogen-bond donors (Lipinski definition) is 0. The summed E-state index contributed by atoms with van der Waals surface area (Å²) in [5.41, 5.74) is 2.05. The molecule has 0 bridgehead atoms. The van der Waals surface area contributed by atoms with Crippen molar-refractivity contribution in [1.82, 2.24) is 0 Å². The van der Waals surface area contributed by atoms with Crippen LogP contribution in [0.2, 0.25) is 0 Å². The molecule has 6 heteroatoms. The summed E-state index contributed by atoms with van der Waals surface area (Å²) in [5, 5.41) is 4.11. The Balaban J connectivity index is 2.37. The zero-order valence-corrected chi connectivity index (χ0v) is 11.8. The number of carbonyl (C=O) groups is 2. The number of ether oxygens (including phenoxy) is 1. The average Bonchev–Trinajstić information content (AvgIpc) is 2.42. The summed E-state index contributed by atoms with van der Waals surface area (Å²) in [5.74, 6) is -0.743. The van der Waals surface area contributed by atoms with Crippen LogP contribution in [-0.2, 0) is 19.6 Å². The van der Waals surface area contributed by atoms with Gasteiger partial charge in [0.15, 0.2) is 0 Å². The summed E-state index contributed by atoms with van der Waals surface area (Å²) in [4.78, 5) is 31.2. The van der Waals surface area contributed by atoms with E-state index in [0.29, 0.717) is 5.56 Å². The molecule has 1 aromatic rings. The fourth-order valence-electron chi connectivity index (χ4n) is 1.42.